The summed E-state index contributed by atoms with van der Waals surface area (Å²) in [4.78, 5) is 5.24. The summed E-state index contributed by atoms with van der Waals surface area (Å²) in [5.41, 5.74) is 1.43. The Morgan fingerprint density at radius 2 is 2.06 bits per heavy atom. The van der Waals surface area contributed by atoms with Crippen molar-refractivity contribution in [2.75, 3.05) is 18.9 Å². The largest absolute Gasteiger partial charge is 0.548 e. The van der Waals surface area contributed by atoms with Gasteiger partial charge < -0.3 is 19.4 Å². The van der Waals surface area contributed by atoms with Gasteiger partial charge in [0.05, 0.1) is 5.69 Å². The van der Waals surface area contributed by atoms with E-state index in [2.05, 4.69) is 14.1 Å². The summed E-state index contributed by atoms with van der Waals surface area (Å²) in [5, 5.41) is 13.6. The summed E-state index contributed by atoms with van der Waals surface area (Å²) in [6, 6.07) is 1.56. The van der Waals surface area contributed by atoms with Gasteiger partial charge in [-0.3, -0.25) is 0 Å². The number of rotatable bonds is 8. The van der Waals surface area contributed by atoms with E-state index in [9.17, 15) is 18.1 Å². The lowest BCUT2D eigenvalue weighted by Crippen LogP contribution is -2.25. The molecular formula is C20H29N5O5S3. The van der Waals surface area contributed by atoms with E-state index in [4.69, 9.17) is 9.41 Å². The number of hydrogen-bond acceptors (Lipinski definition) is 9. The van der Waals surface area contributed by atoms with Crippen molar-refractivity contribution in [2.24, 2.45) is 10.9 Å². The number of sulfonamides is 1. The first-order chi connectivity index (χ1) is 15.4. The highest BCUT2D eigenvalue weighted by molar-refractivity contribution is 7.91. The van der Waals surface area contributed by atoms with Crippen molar-refractivity contribution in [1.29, 1.82) is 0 Å². The molecule has 0 aliphatic carbocycles. The molecule has 13 heteroatoms. The Labute approximate surface area is 200 Å². The molecule has 0 radical (unpaired) electrons. The predicted octanol–water partition coefficient (Wildman–Crippen LogP) is 4.10. The molecule has 33 heavy (non-hydrogen) atoms. The van der Waals surface area contributed by atoms with E-state index in [0.717, 1.165) is 27.0 Å². The zero-order chi connectivity index (χ0) is 24.7. The SMILES string of the molecule is CCN(C)S(=O)(=O)c1sc(C)c(Nc2n[s+]([O-])[nH]c2=N[C@@H](c2cc(C)c(C)o2)C(C)C)c1O. The fourth-order valence-corrected chi connectivity index (χ4v) is 6.67. The maximum atomic E-state index is 12.7. The van der Waals surface area contributed by atoms with Gasteiger partial charge in [-0.15, -0.1) is 15.7 Å². The van der Waals surface area contributed by atoms with Gasteiger partial charge in [-0.25, -0.2) is 17.7 Å². The number of aromatic amines is 1. The molecule has 182 valence electrons. The van der Waals surface area contributed by atoms with Gasteiger partial charge >= 0.3 is 0 Å². The summed E-state index contributed by atoms with van der Waals surface area (Å²) in [5.74, 6) is 1.28. The molecular weight excluding hydrogens is 486 g/mol. The molecule has 3 rings (SSSR count). The van der Waals surface area contributed by atoms with Crippen molar-refractivity contribution in [1.82, 2.24) is 13.1 Å². The van der Waals surface area contributed by atoms with Gasteiger partial charge in [0.25, 0.3) is 10.0 Å². The summed E-state index contributed by atoms with van der Waals surface area (Å²) in [7, 11) is -2.40. The number of aryl methyl sites for hydroxylation is 3. The normalized spacial score (nSPS) is 14.5. The maximum Gasteiger partial charge on any atom is 0.256 e. The zero-order valence-electron chi connectivity index (χ0n) is 19.6. The van der Waals surface area contributed by atoms with E-state index in [-0.39, 0.29) is 39.7 Å². The molecule has 0 saturated heterocycles. The van der Waals surface area contributed by atoms with Crippen LogP contribution in [0.2, 0.25) is 0 Å². The predicted molar refractivity (Wildman–Crippen MR) is 128 cm³/mol. The first-order valence-corrected chi connectivity index (χ1v) is 13.7. The Morgan fingerprint density at radius 1 is 1.39 bits per heavy atom. The molecule has 0 aromatic carbocycles. The van der Waals surface area contributed by atoms with Crippen LogP contribution in [0.15, 0.2) is 19.7 Å². The summed E-state index contributed by atoms with van der Waals surface area (Å²) in [6.45, 7) is 11.5. The van der Waals surface area contributed by atoms with Gasteiger partial charge in [-0.1, -0.05) is 20.8 Å². The van der Waals surface area contributed by atoms with Crippen LogP contribution in [0.1, 0.15) is 48.8 Å². The second kappa shape index (κ2) is 9.58. The maximum absolute atomic E-state index is 12.7. The van der Waals surface area contributed by atoms with Gasteiger partial charge in [0.1, 0.15) is 17.6 Å². The monoisotopic (exact) mass is 515 g/mol. The molecule has 2 atom stereocenters. The van der Waals surface area contributed by atoms with E-state index in [1.807, 2.05) is 33.8 Å². The highest BCUT2D eigenvalue weighted by Crippen LogP contribution is 2.43. The van der Waals surface area contributed by atoms with Crippen LogP contribution in [-0.4, -0.2) is 44.7 Å². The number of hydrogen-bond donors (Lipinski definition) is 3. The minimum absolute atomic E-state index is 0.0668. The van der Waals surface area contributed by atoms with Crippen molar-refractivity contribution in [3.05, 3.63) is 33.5 Å². The Kier molecular flexibility index (Phi) is 7.39. The first-order valence-electron chi connectivity index (χ1n) is 10.3. The molecule has 0 fully saturated rings. The Bertz CT molecular complexity index is 1300. The van der Waals surface area contributed by atoms with Crippen LogP contribution in [0.4, 0.5) is 11.5 Å². The minimum atomic E-state index is -3.84. The van der Waals surface area contributed by atoms with Crippen LogP contribution in [-0.2, 0) is 10.0 Å². The number of aromatic hydroxyl groups is 1. The van der Waals surface area contributed by atoms with Crippen LogP contribution in [0.5, 0.6) is 5.75 Å². The number of anilines is 2. The molecule has 1 unspecified atom stereocenters. The number of nitrogens with one attached hydrogen (secondary N) is 2. The summed E-state index contributed by atoms with van der Waals surface area (Å²) < 4.78 is 51.2. The highest BCUT2D eigenvalue weighted by atomic mass is 32.2. The Hall–Kier alpha value is -2.19. The van der Waals surface area contributed by atoms with E-state index in [1.54, 1.807) is 13.8 Å². The number of H-pyrrole nitrogens is 1. The molecule has 0 aliphatic rings. The van der Waals surface area contributed by atoms with Crippen molar-refractivity contribution in [3.63, 3.8) is 0 Å². The lowest BCUT2D eigenvalue weighted by Gasteiger charge is -2.13. The summed E-state index contributed by atoms with van der Waals surface area (Å²) in [6.07, 6.45) is 0. The zero-order valence-corrected chi connectivity index (χ0v) is 22.0. The molecule has 3 aromatic heterocycles. The lowest BCUT2D eigenvalue weighted by atomic mass is 10.0. The van der Waals surface area contributed by atoms with E-state index in [1.165, 1.54) is 7.05 Å². The van der Waals surface area contributed by atoms with Crippen LogP contribution in [0.25, 0.3) is 0 Å². The van der Waals surface area contributed by atoms with Gasteiger partial charge in [-0.05, 0) is 38.3 Å². The van der Waals surface area contributed by atoms with Crippen molar-refractivity contribution >= 4 is 44.0 Å². The van der Waals surface area contributed by atoms with Crippen LogP contribution >= 0.6 is 22.5 Å². The molecule has 0 spiro atoms. The smallest absolute Gasteiger partial charge is 0.256 e. The van der Waals surface area contributed by atoms with Gasteiger partial charge in [0, 0.05) is 22.8 Å². The molecule has 10 nitrogen and oxygen atoms in total. The molecule has 0 amide bonds. The minimum Gasteiger partial charge on any atom is -0.548 e. The first kappa shape index (κ1) is 25.4. The number of nitrogens with zero attached hydrogens (tertiary/aromatic N) is 3. The topological polar surface area (TPSA) is 147 Å². The van der Waals surface area contributed by atoms with Crippen molar-refractivity contribution in [3.8, 4) is 5.75 Å². The Balaban J connectivity index is 2.06. The fraction of sp³-hybridized carbons (Fsp3) is 0.500. The third-order valence-electron chi connectivity index (χ3n) is 5.32. The molecule has 0 saturated carbocycles. The third kappa shape index (κ3) is 5.01. The van der Waals surface area contributed by atoms with Gasteiger partial charge in [-0.2, -0.15) is 0 Å². The van der Waals surface area contributed by atoms with Crippen LogP contribution < -0.4 is 10.8 Å². The number of furan rings is 1. The molecule has 3 N–H and O–H groups in total. The lowest BCUT2D eigenvalue weighted by molar-refractivity contribution is 0.387. The average Bonchev–Trinajstić information content (AvgIpc) is 3.35. The van der Waals surface area contributed by atoms with Crippen LogP contribution in [0.3, 0.4) is 0 Å². The fourth-order valence-electron chi connectivity index (χ4n) is 3.14. The second-order valence-corrected chi connectivity index (χ2v) is 12.4. The van der Waals surface area contributed by atoms with Crippen molar-refractivity contribution in [2.45, 2.75) is 51.8 Å². The van der Waals surface area contributed by atoms with Crippen LogP contribution in [0, 0.1) is 26.7 Å². The van der Waals surface area contributed by atoms with Crippen molar-refractivity contribution < 1.29 is 22.5 Å². The summed E-state index contributed by atoms with van der Waals surface area (Å²) >= 11 is -0.816. The third-order valence-corrected chi connectivity index (χ3v) is 9.55. The average molecular weight is 516 g/mol. The molecule has 3 aromatic rings. The quantitative estimate of drug-likeness (QED) is 0.383. The van der Waals surface area contributed by atoms with Gasteiger partial charge in [0.2, 0.25) is 11.3 Å². The van der Waals surface area contributed by atoms with E-state index in [0.29, 0.717) is 10.6 Å². The second-order valence-electron chi connectivity index (χ2n) is 8.06. The Morgan fingerprint density at radius 3 is 2.61 bits per heavy atom. The molecule has 0 bridgehead atoms. The molecule has 3 heterocycles. The number of thiophene rings is 1. The highest BCUT2D eigenvalue weighted by Gasteiger charge is 2.30. The number of aromatic nitrogens is 2. The molecule has 0 aliphatic heterocycles. The van der Waals surface area contributed by atoms with E-state index >= 15 is 0 Å². The standard InChI is InChI=1S/C20H29N5O5S3/c1-8-25(7)33(28,29)20-17(26)16(13(6)31-20)22-19-18(23-32(27)24-19)21-15(10(2)3)14-9-11(4)12(5)30-14/h9-10,15,26H,8H2,1-7H3,(H,21,23)(H,22,24)/t15-,32?/m1/s1. The van der Waals surface area contributed by atoms with E-state index < -0.39 is 26.9 Å². The van der Waals surface area contributed by atoms with Gasteiger partial charge in [0.15, 0.2) is 21.1 Å².